The van der Waals surface area contributed by atoms with Crippen molar-refractivity contribution in [1.29, 1.82) is 0 Å². The molecule has 1 aliphatic heterocycles. The molecule has 0 N–H and O–H groups in total. The Hall–Kier alpha value is -4.18. The van der Waals surface area contributed by atoms with Crippen LogP contribution in [-0.4, -0.2) is 27.6 Å². The molecular formula is C26H21FN2O6S. The Labute approximate surface area is 210 Å². The molecule has 0 spiro atoms. The highest BCUT2D eigenvalue weighted by Crippen LogP contribution is 2.36. The number of rotatable bonds is 9. The van der Waals surface area contributed by atoms with Crippen LogP contribution in [0.25, 0.3) is 6.08 Å². The molecule has 3 aromatic carbocycles. The van der Waals surface area contributed by atoms with Crippen LogP contribution >= 0.6 is 11.8 Å². The number of carbonyl (C=O) groups excluding carboxylic acids is 2. The maximum absolute atomic E-state index is 14.0. The summed E-state index contributed by atoms with van der Waals surface area (Å²) in [7, 11) is 0. The second kappa shape index (κ2) is 11.0. The van der Waals surface area contributed by atoms with E-state index in [-0.39, 0.29) is 29.3 Å². The average molecular weight is 509 g/mol. The van der Waals surface area contributed by atoms with Gasteiger partial charge in [-0.1, -0.05) is 36.4 Å². The number of nitro benzene ring substituents is 1. The molecule has 4 rings (SSSR count). The van der Waals surface area contributed by atoms with Gasteiger partial charge in [-0.05, 0) is 54.6 Å². The molecule has 1 saturated heterocycles. The van der Waals surface area contributed by atoms with Gasteiger partial charge in [0.1, 0.15) is 12.4 Å². The van der Waals surface area contributed by atoms with Crippen molar-refractivity contribution in [3.63, 3.8) is 0 Å². The second-order valence-corrected chi connectivity index (χ2v) is 8.67. The first-order chi connectivity index (χ1) is 17.4. The third-order valence-electron chi connectivity index (χ3n) is 5.30. The largest absolute Gasteiger partial charge is 0.490 e. The maximum Gasteiger partial charge on any atom is 0.293 e. The van der Waals surface area contributed by atoms with Gasteiger partial charge in [-0.3, -0.25) is 24.6 Å². The lowest BCUT2D eigenvalue weighted by Crippen LogP contribution is -2.27. The Balaban J connectivity index is 1.53. The molecule has 36 heavy (non-hydrogen) atoms. The monoisotopic (exact) mass is 508 g/mol. The number of hydrogen-bond acceptors (Lipinski definition) is 7. The van der Waals surface area contributed by atoms with Crippen molar-refractivity contribution in [2.45, 2.75) is 20.1 Å². The number of ether oxygens (including phenoxy) is 2. The van der Waals surface area contributed by atoms with E-state index in [0.29, 0.717) is 29.2 Å². The van der Waals surface area contributed by atoms with Gasteiger partial charge in [0.15, 0.2) is 11.5 Å². The standard InChI is InChI=1S/C26H21FN2O6S/c1-2-34-23-13-17(11-12-22(23)35-16-19-8-4-6-10-21(19)29(32)33)14-24-25(30)28(26(31)36-24)15-18-7-3-5-9-20(18)27/h3-14H,2,15-16H2,1H3/b24-14+. The van der Waals surface area contributed by atoms with E-state index in [2.05, 4.69) is 0 Å². The van der Waals surface area contributed by atoms with Gasteiger partial charge < -0.3 is 9.47 Å². The Kier molecular flexibility index (Phi) is 7.65. The lowest BCUT2D eigenvalue weighted by molar-refractivity contribution is -0.385. The Bertz CT molecular complexity index is 1360. The number of carbonyl (C=O) groups is 2. The predicted molar refractivity (Wildman–Crippen MR) is 133 cm³/mol. The van der Waals surface area contributed by atoms with E-state index >= 15 is 0 Å². The first-order valence-electron chi connectivity index (χ1n) is 11.0. The van der Waals surface area contributed by atoms with Crippen LogP contribution in [0.1, 0.15) is 23.6 Å². The molecule has 10 heteroatoms. The molecule has 8 nitrogen and oxygen atoms in total. The van der Waals surface area contributed by atoms with Gasteiger partial charge in [0.05, 0.1) is 28.5 Å². The smallest absolute Gasteiger partial charge is 0.293 e. The van der Waals surface area contributed by atoms with Crippen molar-refractivity contribution in [1.82, 2.24) is 4.90 Å². The van der Waals surface area contributed by atoms with Crippen molar-refractivity contribution >= 4 is 34.7 Å². The number of thioether (sulfide) groups is 1. The van der Waals surface area contributed by atoms with Crippen LogP contribution in [0.4, 0.5) is 14.9 Å². The third-order valence-corrected chi connectivity index (χ3v) is 6.20. The number of amides is 2. The first-order valence-corrected chi connectivity index (χ1v) is 11.8. The number of para-hydroxylation sites is 1. The van der Waals surface area contributed by atoms with Crippen molar-refractivity contribution in [3.8, 4) is 11.5 Å². The molecule has 0 unspecified atom stereocenters. The number of nitrogens with zero attached hydrogens (tertiary/aromatic N) is 2. The highest BCUT2D eigenvalue weighted by molar-refractivity contribution is 8.18. The van der Waals surface area contributed by atoms with Gasteiger partial charge in [0.2, 0.25) is 0 Å². The summed E-state index contributed by atoms with van der Waals surface area (Å²) in [6.07, 6.45) is 1.56. The minimum atomic E-state index is -0.511. The topological polar surface area (TPSA) is 99.0 Å². The van der Waals surface area contributed by atoms with Crippen LogP contribution < -0.4 is 9.47 Å². The molecule has 0 aliphatic carbocycles. The van der Waals surface area contributed by atoms with E-state index in [1.165, 1.54) is 24.3 Å². The molecule has 2 amide bonds. The molecule has 0 atom stereocenters. The van der Waals surface area contributed by atoms with Crippen LogP contribution in [0.15, 0.2) is 71.6 Å². The van der Waals surface area contributed by atoms with Gasteiger partial charge >= 0.3 is 0 Å². The fourth-order valence-electron chi connectivity index (χ4n) is 3.55. The van der Waals surface area contributed by atoms with E-state index in [1.807, 2.05) is 0 Å². The summed E-state index contributed by atoms with van der Waals surface area (Å²) in [5, 5.41) is 10.8. The summed E-state index contributed by atoms with van der Waals surface area (Å²) in [6, 6.07) is 17.3. The van der Waals surface area contributed by atoms with Gasteiger partial charge in [-0.15, -0.1) is 0 Å². The van der Waals surface area contributed by atoms with E-state index in [9.17, 15) is 24.1 Å². The molecule has 0 bridgehead atoms. The Morgan fingerprint density at radius 2 is 1.72 bits per heavy atom. The van der Waals surface area contributed by atoms with E-state index < -0.39 is 21.9 Å². The molecule has 3 aromatic rings. The number of halogens is 1. The fraction of sp³-hybridized carbons (Fsp3) is 0.154. The van der Waals surface area contributed by atoms with Crippen molar-refractivity contribution in [2.24, 2.45) is 0 Å². The molecule has 0 radical (unpaired) electrons. The molecule has 184 valence electrons. The number of imide groups is 1. The van der Waals surface area contributed by atoms with Crippen molar-refractivity contribution in [3.05, 3.63) is 104 Å². The summed E-state index contributed by atoms with van der Waals surface area (Å²) in [6.45, 7) is 1.94. The summed E-state index contributed by atoms with van der Waals surface area (Å²) in [5.74, 6) is -0.239. The summed E-state index contributed by atoms with van der Waals surface area (Å²) in [4.78, 5) is 37.3. The zero-order valence-corrected chi connectivity index (χ0v) is 20.0. The van der Waals surface area contributed by atoms with Gasteiger partial charge in [-0.25, -0.2) is 4.39 Å². The normalized spacial score (nSPS) is 14.4. The van der Waals surface area contributed by atoms with Crippen LogP contribution in [0, 0.1) is 15.9 Å². The minimum Gasteiger partial charge on any atom is -0.490 e. The van der Waals surface area contributed by atoms with Crippen molar-refractivity contribution in [2.75, 3.05) is 6.61 Å². The van der Waals surface area contributed by atoms with Crippen molar-refractivity contribution < 1.29 is 28.4 Å². The molecule has 1 fully saturated rings. The Morgan fingerprint density at radius 3 is 2.44 bits per heavy atom. The maximum atomic E-state index is 14.0. The Morgan fingerprint density at radius 1 is 1.00 bits per heavy atom. The third kappa shape index (κ3) is 5.55. The van der Waals surface area contributed by atoms with E-state index in [1.54, 1.807) is 55.5 Å². The van der Waals surface area contributed by atoms with E-state index in [0.717, 1.165) is 16.7 Å². The fourth-order valence-corrected chi connectivity index (χ4v) is 4.39. The van der Waals surface area contributed by atoms with Crippen LogP contribution in [0.3, 0.4) is 0 Å². The van der Waals surface area contributed by atoms with Crippen LogP contribution in [0.5, 0.6) is 11.5 Å². The average Bonchev–Trinajstić information content (AvgIpc) is 3.12. The zero-order valence-electron chi connectivity index (χ0n) is 19.2. The molecule has 0 aromatic heterocycles. The molecule has 0 saturated carbocycles. The number of nitro groups is 1. The molecule has 1 heterocycles. The molecular weight excluding hydrogens is 487 g/mol. The van der Waals surface area contributed by atoms with Gasteiger partial charge in [0.25, 0.3) is 16.8 Å². The van der Waals surface area contributed by atoms with Crippen LogP contribution in [-0.2, 0) is 17.9 Å². The second-order valence-electron chi connectivity index (χ2n) is 7.67. The van der Waals surface area contributed by atoms with Crippen LogP contribution in [0.2, 0.25) is 0 Å². The number of benzene rings is 3. The zero-order chi connectivity index (χ0) is 25.7. The lowest BCUT2D eigenvalue weighted by atomic mass is 10.1. The lowest BCUT2D eigenvalue weighted by Gasteiger charge is -2.13. The minimum absolute atomic E-state index is 0.0362. The molecule has 1 aliphatic rings. The number of hydrogen-bond donors (Lipinski definition) is 0. The first kappa shape index (κ1) is 24.9. The summed E-state index contributed by atoms with van der Waals surface area (Å²) >= 11 is 0.777. The summed E-state index contributed by atoms with van der Waals surface area (Å²) < 4.78 is 25.5. The highest BCUT2D eigenvalue weighted by Gasteiger charge is 2.35. The predicted octanol–water partition coefficient (Wildman–Crippen LogP) is 5.95. The quantitative estimate of drug-likeness (QED) is 0.200. The van der Waals surface area contributed by atoms with E-state index in [4.69, 9.17) is 9.47 Å². The SMILES string of the molecule is CCOc1cc(/C=C2/SC(=O)N(Cc3ccccc3F)C2=O)ccc1OCc1ccccc1[N+](=O)[O-]. The summed E-state index contributed by atoms with van der Waals surface area (Å²) in [5.41, 5.74) is 1.21. The van der Waals surface area contributed by atoms with Gasteiger partial charge in [-0.2, -0.15) is 0 Å². The highest BCUT2D eigenvalue weighted by atomic mass is 32.2. The van der Waals surface area contributed by atoms with Gasteiger partial charge in [0, 0.05) is 11.6 Å².